The summed E-state index contributed by atoms with van der Waals surface area (Å²) in [5.74, 6) is 1.88. The van der Waals surface area contributed by atoms with Crippen LogP contribution in [0.15, 0.2) is 18.2 Å². The van der Waals surface area contributed by atoms with Crippen LogP contribution in [-0.2, 0) is 4.79 Å². The van der Waals surface area contributed by atoms with E-state index in [9.17, 15) is 9.59 Å². The molecule has 1 aromatic carbocycles. The van der Waals surface area contributed by atoms with Gasteiger partial charge in [-0.1, -0.05) is 19.9 Å². The number of piperazine rings is 1. The van der Waals surface area contributed by atoms with Crippen LogP contribution in [0.1, 0.15) is 55.7 Å². The standard InChI is InChI=1S/C25H38N6O2/c1-18(2)24-27-22-6-4-5-21(23(22)28-24)25(33)26-17-20-7-9-29(10-8-20)11-12-30-13-15-31(16-14-30)19(3)32/h4-6,18,20H,7-17H2,1-3H3,(H,26,33)(H,27,28). The van der Waals surface area contributed by atoms with Crippen molar-refractivity contribution in [1.82, 2.24) is 30.0 Å². The third-order valence-corrected chi connectivity index (χ3v) is 7.13. The van der Waals surface area contributed by atoms with Gasteiger partial charge >= 0.3 is 0 Å². The molecular formula is C25H38N6O2. The molecule has 2 aliphatic rings. The number of hydrogen-bond donors (Lipinski definition) is 2. The predicted molar refractivity (Wildman–Crippen MR) is 130 cm³/mol. The number of amides is 2. The predicted octanol–water partition coefficient (Wildman–Crippen LogP) is 2.29. The molecule has 8 heteroatoms. The molecule has 2 saturated heterocycles. The smallest absolute Gasteiger partial charge is 0.253 e. The van der Waals surface area contributed by atoms with Crippen LogP contribution in [0.3, 0.4) is 0 Å². The molecular weight excluding hydrogens is 416 g/mol. The Morgan fingerprint density at radius 3 is 2.36 bits per heavy atom. The van der Waals surface area contributed by atoms with Crippen molar-refractivity contribution in [1.29, 1.82) is 0 Å². The number of benzene rings is 1. The highest BCUT2D eigenvalue weighted by molar-refractivity contribution is 6.04. The minimum absolute atomic E-state index is 0.0328. The number of piperidine rings is 1. The second-order valence-electron chi connectivity index (χ2n) is 9.82. The summed E-state index contributed by atoms with van der Waals surface area (Å²) in [5.41, 5.74) is 2.33. The number of H-pyrrole nitrogens is 1. The molecule has 4 rings (SSSR count). The Morgan fingerprint density at radius 2 is 1.73 bits per heavy atom. The zero-order chi connectivity index (χ0) is 23.4. The number of nitrogens with one attached hydrogen (secondary N) is 2. The van der Waals surface area contributed by atoms with Gasteiger partial charge in [-0.05, 0) is 44.0 Å². The summed E-state index contributed by atoms with van der Waals surface area (Å²) in [7, 11) is 0. The van der Waals surface area contributed by atoms with Gasteiger partial charge in [0.15, 0.2) is 0 Å². The summed E-state index contributed by atoms with van der Waals surface area (Å²) in [6.45, 7) is 14.5. The van der Waals surface area contributed by atoms with E-state index in [1.54, 1.807) is 6.92 Å². The molecule has 0 bridgehead atoms. The van der Waals surface area contributed by atoms with Gasteiger partial charge in [0.25, 0.3) is 5.91 Å². The van der Waals surface area contributed by atoms with E-state index in [2.05, 4.69) is 38.9 Å². The van der Waals surface area contributed by atoms with Crippen molar-refractivity contribution < 1.29 is 9.59 Å². The van der Waals surface area contributed by atoms with Gasteiger partial charge in [0.05, 0.1) is 11.1 Å². The van der Waals surface area contributed by atoms with Gasteiger partial charge in [-0.15, -0.1) is 0 Å². The van der Waals surface area contributed by atoms with Crippen LogP contribution in [-0.4, -0.2) is 95.4 Å². The number of aromatic nitrogens is 2. The van der Waals surface area contributed by atoms with E-state index in [4.69, 9.17) is 0 Å². The molecule has 0 spiro atoms. The lowest BCUT2D eigenvalue weighted by molar-refractivity contribution is -0.130. The molecule has 0 saturated carbocycles. The molecule has 3 heterocycles. The summed E-state index contributed by atoms with van der Waals surface area (Å²) >= 11 is 0. The minimum Gasteiger partial charge on any atom is -0.352 e. The normalized spacial score (nSPS) is 18.8. The summed E-state index contributed by atoms with van der Waals surface area (Å²) in [6.07, 6.45) is 2.23. The van der Waals surface area contributed by atoms with Crippen LogP contribution in [0.2, 0.25) is 0 Å². The number of aromatic amines is 1. The Bertz CT molecular complexity index is 955. The Balaban J connectivity index is 1.19. The molecule has 0 atom stereocenters. The molecule has 0 aliphatic carbocycles. The lowest BCUT2D eigenvalue weighted by Crippen LogP contribution is -2.50. The molecule has 0 unspecified atom stereocenters. The molecule has 2 amide bonds. The number of carbonyl (C=O) groups excluding carboxylic acids is 2. The average molecular weight is 455 g/mol. The fraction of sp³-hybridized carbons (Fsp3) is 0.640. The van der Waals surface area contributed by atoms with E-state index in [-0.39, 0.29) is 11.8 Å². The summed E-state index contributed by atoms with van der Waals surface area (Å²) < 4.78 is 0. The van der Waals surface area contributed by atoms with Crippen LogP contribution >= 0.6 is 0 Å². The molecule has 2 N–H and O–H groups in total. The first-order chi connectivity index (χ1) is 15.9. The fourth-order valence-corrected chi connectivity index (χ4v) is 4.82. The number of para-hydroxylation sites is 1. The van der Waals surface area contributed by atoms with Crippen LogP contribution in [0.4, 0.5) is 0 Å². The highest BCUT2D eigenvalue weighted by Crippen LogP contribution is 2.21. The largest absolute Gasteiger partial charge is 0.352 e. The molecule has 2 aromatic rings. The van der Waals surface area contributed by atoms with E-state index in [0.29, 0.717) is 17.4 Å². The van der Waals surface area contributed by atoms with Crippen molar-refractivity contribution in [2.24, 2.45) is 5.92 Å². The minimum atomic E-state index is -0.0328. The number of imidazole rings is 1. The highest BCUT2D eigenvalue weighted by Gasteiger charge is 2.23. The third kappa shape index (κ3) is 5.92. The van der Waals surface area contributed by atoms with Crippen molar-refractivity contribution in [3.8, 4) is 0 Å². The lowest BCUT2D eigenvalue weighted by atomic mass is 9.96. The van der Waals surface area contributed by atoms with Gasteiger partial charge in [-0.3, -0.25) is 14.5 Å². The highest BCUT2D eigenvalue weighted by atomic mass is 16.2. The molecule has 2 fully saturated rings. The molecule has 1 aromatic heterocycles. The van der Waals surface area contributed by atoms with Crippen molar-refractivity contribution in [2.75, 3.05) is 58.9 Å². The van der Waals surface area contributed by atoms with Gasteiger partial charge in [0.2, 0.25) is 5.91 Å². The Kier molecular flexibility index (Phi) is 7.65. The maximum Gasteiger partial charge on any atom is 0.253 e. The SMILES string of the molecule is CC(=O)N1CCN(CCN2CCC(CNC(=O)c3cccc4[nH]c(C(C)C)nc34)CC2)CC1. The van der Waals surface area contributed by atoms with E-state index in [0.717, 1.165) is 88.6 Å². The van der Waals surface area contributed by atoms with Crippen LogP contribution in [0, 0.1) is 5.92 Å². The van der Waals surface area contributed by atoms with Crippen LogP contribution in [0.25, 0.3) is 11.0 Å². The zero-order valence-corrected chi connectivity index (χ0v) is 20.3. The third-order valence-electron chi connectivity index (χ3n) is 7.13. The fourth-order valence-electron chi connectivity index (χ4n) is 4.82. The first-order valence-electron chi connectivity index (χ1n) is 12.4. The average Bonchev–Trinajstić information content (AvgIpc) is 3.27. The van der Waals surface area contributed by atoms with E-state index in [1.807, 2.05) is 23.1 Å². The lowest BCUT2D eigenvalue weighted by Gasteiger charge is -2.37. The van der Waals surface area contributed by atoms with Crippen LogP contribution in [0.5, 0.6) is 0 Å². The van der Waals surface area contributed by atoms with Crippen LogP contribution < -0.4 is 5.32 Å². The second-order valence-corrected chi connectivity index (χ2v) is 9.82. The Hall–Kier alpha value is -2.45. The number of nitrogens with zero attached hydrogens (tertiary/aromatic N) is 4. The molecule has 0 radical (unpaired) electrons. The van der Waals surface area contributed by atoms with Gasteiger partial charge in [-0.2, -0.15) is 0 Å². The molecule has 33 heavy (non-hydrogen) atoms. The van der Waals surface area contributed by atoms with Crippen molar-refractivity contribution in [3.05, 3.63) is 29.6 Å². The zero-order valence-electron chi connectivity index (χ0n) is 20.3. The van der Waals surface area contributed by atoms with E-state index >= 15 is 0 Å². The Labute approximate surface area is 196 Å². The van der Waals surface area contributed by atoms with Crippen molar-refractivity contribution in [3.63, 3.8) is 0 Å². The van der Waals surface area contributed by atoms with Gasteiger partial charge in [-0.25, -0.2) is 4.98 Å². The Morgan fingerprint density at radius 1 is 1.06 bits per heavy atom. The number of hydrogen-bond acceptors (Lipinski definition) is 5. The first-order valence-corrected chi connectivity index (χ1v) is 12.4. The quantitative estimate of drug-likeness (QED) is 0.671. The number of carbonyl (C=O) groups is 2. The number of rotatable bonds is 7. The summed E-state index contributed by atoms with van der Waals surface area (Å²) in [6, 6.07) is 5.75. The number of fused-ring (bicyclic) bond motifs is 1. The molecule has 2 aliphatic heterocycles. The maximum absolute atomic E-state index is 12.9. The topological polar surface area (TPSA) is 84.6 Å². The van der Waals surface area contributed by atoms with E-state index in [1.165, 1.54) is 0 Å². The molecule has 8 nitrogen and oxygen atoms in total. The first kappa shape index (κ1) is 23.7. The van der Waals surface area contributed by atoms with Crippen molar-refractivity contribution >= 4 is 22.8 Å². The van der Waals surface area contributed by atoms with E-state index < -0.39 is 0 Å². The summed E-state index contributed by atoms with van der Waals surface area (Å²) in [5, 5.41) is 3.16. The van der Waals surface area contributed by atoms with Gasteiger partial charge in [0.1, 0.15) is 11.3 Å². The number of likely N-dealkylation sites (tertiary alicyclic amines) is 1. The maximum atomic E-state index is 12.9. The summed E-state index contributed by atoms with van der Waals surface area (Å²) in [4.78, 5) is 39.3. The second kappa shape index (κ2) is 10.7. The van der Waals surface area contributed by atoms with Gasteiger partial charge in [0, 0.05) is 58.7 Å². The monoisotopic (exact) mass is 454 g/mol. The van der Waals surface area contributed by atoms with Crippen molar-refractivity contribution in [2.45, 2.75) is 39.5 Å². The van der Waals surface area contributed by atoms with Gasteiger partial charge < -0.3 is 20.1 Å². The molecule has 180 valence electrons.